The van der Waals surface area contributed by atoms with Crippen LogP contribution in [-0.2, 0) is 16.4 Å². The molecule has 3 N–H and O–H groups in total. The van der Waals surface area contributed by atoms with E-state index in [-0.39, 0.29) is 18.2 Å². The number of sulfonamides is 1. The van der Waals surface area contributed by atoms with Crippen LogP contribution in [0.15, 0.2) is 42.9 Å². The van der Waals surface area contributed by atoms with Crippen LogP contribution < -0.4 is 5.14 Å². The number of aryl methyl sites for hydroxylation is 1. The highest BCUT2D eigenvalue weighted by Gasteiger charge is 2.08. The van der Waals surface area contributed by atoms with E-state index in [0.29, 0.717) is 6.42 Å². The zero-order valence-electron chi connectivity index (χ0n) is 11.6. The van der Waals surface area contributed by atoms with Crippen LogP contribution in [-0.4, -0.2) is 29.1 Å². The van der Waals surface area contributed by atoms with Gasteiger partial charge in [-0.05, 0) is 18.1 Å². The van der Waals surface area contributed by atoms with Crippen LogP contribution in [0, 0.1) is 0 Å². The lowest BCUT2D eigenvalue weighted by molar-refractivity contribution is 0.597. The number of halogens is 1. The summed E-state index contributed by atoms with van der Waals surface area (Å²) in [5.74, 6) is -0.0537. The molecule has 22 heavy (non-hydrogen) atoms. The number of primary sulfonamides is 1. The summed E-state index contributed by atoms with van der Waals surface area (Å²) in [7, 11) is -3.43. The molecule has 1 aromatic carbocycles. The minimum atomic E-state index is -3.43. The summed E-state index contributed by atoms with van der Waals surface area (Å²) in [4.78, 5) is 11.5. The van der Waals surface area contributed by atoms with Crippen LogP contribution in [0.4, 0.5) is 0 Å². The lowest BCUT2D eigenvalue weighted by atomic mass is 10.1. The monoisotopic (exact) mass is 338 g/mol. The van der Waals surface area contributed by atoms with Gasteiger partial charge < -0.3 is 4.98 Å². The van der Waals surface area contributed by atoms with Crippen molar-refractivity contribution in [2.75, 3.05) is 5.75 Å². The predicted molar refractivity (Wildman–Crippen MR) is 88.3 cm³/mol. The maximum atomic E-state index is 11.0. The van der Waals surface area contributed by atoms with Gasteiger partial charge in [0.15, 0.2) is 0 Å². The second-order valence-corrected chi connectivity index (χ2v) is 6.51. The van der Waals surface area contributed by atoms with Crippen molar-refractivity contribution >= 4 is 33.5 Å². The molecule has 6 nitrogen and oxygen atoms in total. The van der Waals surface area contributed by atoms with E-state index < -0.39 is 10.0 Å². The Labute approximate surface area is 134 Å². The van der Waals surface area contributed by atoms with E-state index in [0.717, 1.165) is 27.9 Å². The van der Waals surface area contributed by atoms with Gasteiger partial charge in [0.05, 0.1) is 11.4 Å². The first-order valence-corrected chi connectivity index (χ1v) is 8.12. The van der Waals surface area contributed by atoms with Gasteiger partial charge in [0, 0.05) is 17.1 Å². The number of aromatic nitrogens is 3. The average molecular weight is 339 g/mol. The number of rotatable bonds is 4. The van der Waals surface area contributed by atoms with E-state index in [4.69, 9.17) is 5.14 Å². The summed E-state index contributed by atoms with van der Waals surface area (Å²) < 4.78 is 21.9. The molecule has 3 rings (SSSR count). The molecule has 0 aliphatic carbocycles. The van der Waals surface area contributed by atoms with Crippen molar-refractivity contribution in [2.24, 2.45) is 5.14 Å². The van der Waals surface area contributed by atoms with Gasteiger partial charge in [0.1, 0.15) is 12.0 Å². The quantitative estimate of drug-likeness (QED) is 0.758. The van der Waals surface area contributed by atoms with E-state index in [2.05, 4.69) is 15.0 Å². The van der Waals surface area contributed by atoms with E-state index in [9.17, 15) is 8.42 Å². The summed E-state index contributed by atoms with van der Waals surface area (Å²) in [5.41, 5.74) is 3.52. The normalized spacial score (nSPS) is 11.3. The van der Waals surface area contributed by atoms with Crippen LogP contribution in [0.5, 0.6) is 0 Å². The fourth-order valence-electron chi connectivity index (χ4n) is 2.19. The Morgan fingerprint density at radius 1 is 1.09 bits per heavy atom. The number of aromatic amines is 1. The molecule has 0 atom stereocenters. The molecule has 3 aromatic rings. The van der Waals surface area contributed by atoms with Gasteiger partial charge >= 0.3 is 0 Å². The summed E-state index contributed by atoms with van der Waals surface area (Å²) in [6, 6.07) is 9.56. The molecular formula is C14H15ClN4O2S. The second kappa shape index (κ2) is 6.43. The maximum absolute atomic E-state index is 11.0. The maximum Gasteiger partial charge on any atom is 0.209 e. The number of fused-ring (bicyclic) bond motifs is 1. The molecule has 0 bridgehead atoms. The minimum absolute atomic E-state index is 0. The van der Waals surface area contributed by atoms with Gasteiger partial charge in [0.25, 0.3) is 0 Å². The fourth-order valence-corrected chi connectivity index (χ4v) is 2.71. The Kier molecular flexibility index (Phi) is 4.80. The van der Waals surface area contributed by atoms with E-state index in [1.165, 1.54) is 6.33 Å². The predicted octanol–water partition coefficient (Wildman–Crippen LogP) is 1.88. The molecule has 0 unspecified atom stereocenters. The Morgan fingerprint density at radius 2 is 1.82 bits per heavy atom. The molecule has 0 saturated heterocycles. The molecule has 116 valence electrons. The summed E-state index contributed by atoms with van der Waals surface area (Å²) in [6.07, 6.45) is 3.74. The highest BCUT2D eigenvalue weighted by atomic mass is 35.5. The molecule has 2 aromatic heterocycles. The van der Waals surface area contributed by atoms with Gasteiger partial charge in [0.2, 0.25) is 10.0 Å². The van der Waals surface area contributed by atoms with Gasteiger partial charge in [-0.2, -0.15) is 0 Å². The van der Waals surface area contributed by atoms with Crippen molar-refractivity contribution in [1.82, 2.24) is 15.0 Å². The zero-order valence-corrected chi connectivity index (χ0v) is 13.2. The highest BCUT2D eigenvalue weighted by Crippen LogP contribution is 2.24. The van der Waals surface area contributed by atoms with Crippen LogP contribution in [0.2, 0.25) is 0 Å². The van der Waals surface area contributed by atoms with Crippen molar-refractivity contribution in [2.45, 2.75) is 6.42 Å². The summed E-state index contributed by atoms with van der Waals surface area (Å²) in [6.45, 7) is 0. The van der Waals surface area contributed by atoms with Crippen LogP contribution >= 0.6 is 12.4 Å². The van der Waals surface area contributed by atoms with Crippen molar-refractivity contribution in [3.63, 3.8) is 0 Å². The van der Waals surface area contributed by atoms with Crippen molar-refractivity contribution in [3.05, 3.63) is 48.4 Å². The van der Waals surface area contributed by atoms with Crippen LogP contribution in [0.1, 0.15) is 5.56 Å². The third kappa shape index (κ3) is 3.62. The molecule has 0 aliphatic rings. The average Bonchev–Trinajstić information content (AvgIpc) is 2.93. The summed E-state index contributed by atoms with van der Waals surface area (Å²) in [5, 5.41) is 5.96. The topological polar surface area (TPSA) is 102 Å². The largest absolute Gasteiger partial charge is 0.346 e. The lowest BCUT2D eigenvalue weighted by Crippen LogP contribution is -2.17. The molecule has 0 amide bonds. The summed E-state index contributed by atoms with van der Waals surface area (Å²) >= 11 is 0. The van der Waals surface area contributed by atoms with E-state index in [1.54, 1.807) is 0 Å². The molecule has 0 saturated carbocycles. The second-order valence-electron chi connectivity index (χ2n) is 4.78. The Balaban J connectivity index is 0.00000176. The number of hydrogen-bond acceptors (Lipinski definition) is 4. The molecular weight excluding hydrogens is 324 g/mol. The zero-order chi connectivity index (χ0) is 14.9. The first-order chi connectivity index (χ1) is 10.0. The molecule has 0 fully saturated rings. The third-order valence-electron chi connectivity index (χ3n) is 3.26. The van der Waals surface area contributed by atoms with Gasteiger partial charge in [-0.15, -0.1) is 12.4 Å². The SMILES string of the molecule is Cl.NS(=O)(=O)CCc1ccc(-c2ncnc3[nH]ccc23)cc1. The molecule has 0 spiro atoms. The number of hydrogen-bond donors (Lipinski definition) is 2. The number of benzene rings is 1. The number of H-pyrrole nitrogens is 1. The number of nitrogens with zero attached hydrogens (tertiary/aromatic N) is 2. The van der Waals surface area contributed by atoms with Gasteiger partial charge in [-0.3, -0.25) is 0 Å². The fraction of sp³-hybridized carbons (Fsp3) is 0.143. The Morgan fingerprint density at radius 3 is 2.50 bits per heavy atom. The highest BCUT2D eigenvalue weighted by molar-refractivity contribution is 7.89. The van der Waals surface area contributed by atoms with Crippen LogP contribution in [0.3, 0.4) is 0 Å². The lowest BCUT2D eigenvalue weighted by Gasteiger charge is -2.04. The number of nitrogens with two attached hydrogens (primary N) is 1. The molecule has 8 heteroatoms. The first kappa shape index (κ1) is 16.4. The van der Waals surface area contributed by atoms with Gasteiger partial charge in [-0.1, -0.05) is 24.3 Å². The van der Waals surface area contributed by atoms with E-state index in [1.807, 2.05) is 36.5 Å². The molecule has 0 aliphatic heterocycles. The standard InChI is InChI=1S/C14H14N4O2S.ClH/c15-21(19,20)8-6-10-1-3-11(4-2-10)13-12-5-7-16-14(12)18-9-17-13;/h1-5,7,9H,6,8H2,(H2,15,19,20)(H,16,17,18);1H. The molecule has 0 radical (unpaired) electrons. The van der Waals surface area contributed by atoms with Gasteiger partial charge in [-0.25, -0.2) is 23.5 Å². The van der Waals surface area contributed by atoms with Crippen molar-refractivity contribution in [1.29, 1.82) is 0 Å². The minimum Gasteiger partial charge on any atom is -0.346 e. The Bertz CT molecular complexity index is 875. The van der Waals surface area contributed by atoms with Crippen molar-refractivity contribution < 1.29 is 8.42 Å². The first-order valence-electron chi connectivity index (χ1n) is 6.41. The third-order valence-corrected chi connectivity index (χ3v) is 4.03. The number of nitrogens with one attached hydrogen (secondary N) is 1. The molecule has 2 heterocycles. The smallest absolute Gasteiger partial charge is 0.209 e. The van der Waals surface area contributed by atoms with Crippen LogP contribution in [0.25, 0.3) is 22.3 Å². The van der Waals surface area contributed by atoms with E-state index >= 15 is 0 Å². The van der Waals surface area contributed by atoms with Crippen molar-refractivity contribution in [3.8, 4) is 11.3 Å². The Hall–Kier alpha value is -1.96.